The molecule has 0 aliphatic heterocycles. The van der Waals surface area contributed by atoms with E-state index in [0.717, 1.165) is 18.8 Å². The summed E-state index contributed by atoms with van der Waals surface area (Å²) in [6.45, 7) is 9.94. The van der Waals surface area contributed by atoms with Gasteiger partial charge in [-0.25, -0.2) is 0 Å². The van der Waals surface area contributed by atoms with Gasteiger partial charge in [-0.05, 0) is 55.8 Å². The van der Waals surface area contributed by atoms with Crippen LogP contribution in [0, 0.1) is 16.7 Å². The molecule has 0 aromatic heterocycles. The minimum Gasteiger partial charge on any atom is -0.396 e. The summed E-state index contributed by atoms with van der Waals surface area (Å²) >= 11 is 0. The molecule has 0 heterocycles. The molecule has 2 saturated carbocycles. The molecule has 4 atom stereocenters. The van der Waals surface area contributed by atoms with E-state index in [0.29, 0.717) is 29.5 Å². The molecule has 0 spiro atoms. The summed E-state index contributed by atoms with van der Waals surface area (Å²) in [5.41, 5.74) is 0.960. The quantitative estimate of drug-likeness (QED) is 0.773. The zero-order valence-electron chi connectivity index (χ0n) is 11.9. The summed E-state index contributed by atoms with van der Waals surface area (Å²) in [5, 5.41) is 12.8. The number of hydrogen-bond donors (Lipinski definition) is 2. The Balaban J connectivity index is 2.00. The van der Waals surface area contributed by atoms with E-state index in [4.69, 9.17) is 5.11 Å². The molecule has 0 radical (unpaired) electrons. The van der Waals surface area contributed by atoms with Crippen molar-refractivity contribution in [3.8, 4) is 0 Å². The molecule has 100 valence electrons. The molecule has 0 aromatic carbocycles. The fraction of sp³-hybridized carbons (Fsp3) is 1.00. The van der Waals surface area contributed by atoms with E-state index < -0.39 is 0 Å². The molecule has 2 rings (SSSR count). The van der Waals surface area contributed by atoms with Crippen molar-refractivity contribution in [1.82, 2.24) is 5.32 Å². The molecule has 4 unspecified atom stereocenters. The standard InChI is InChI=1S/C15H29NO/c1-11(6-5-9-17)16-13-14(2,3)12-7-8-15(13,4)10-12/h11-13,16-17H,5-10H2,1-4H3. The van der Waals surface area contributed by atoms with Crippen LogP contribution < -0.4 is 5.32 Å². The van der Waals surface area contributed by atoms with Gasteiger partial charge < -0.3 is 10.4 Å². The van der Waals surface area contributed by atoms with Gasteiger partial charge in [0.1, 0.15) is 0 Å². The predicted molar refractivity (Wildman–Crippen MR) is 71.9 cm³/mol. The van der Waals surface area contributed by atoms with E-state index >= 15 is 0 Å². The summed E-state index contributed by atoms with van der Waals surface area (Å²) in [6, 6.07) is 1.19. The lowest BCUT2D eigenvalue weighted by atomic mass is 9.68. The Hall–Kier alpha value is -0.0800. The van der Waals surface area contributed by atoms with E-state index in [1.807, 2.05) is 0 Å². The second-order valence-electron chi connectivity index (χ2n) is 7.28. The van der Waals surface area contributed by atoms with Crippen LogP contribution in [0.3, 0.4) is 0 Å². The Morgan fingerprint density at radius 1 is 1.35 bits per heavy atom. The maximum absolute atomic E-state index is 8.91. The molecule has 2 nitrogen and oxygen atoms in total. The lowest BCUT2D eigenvalue weighted by Gasteiger charge is -2.44. The third-order valence-corrected chi connectivity index (χ3v) is 5.52. The third kappa shape index (κ3) is 2.26. The second kappa shape index (κ2) is 4.55. The van der Waals surface area contributed by atoms with Crippen LogP contribution in [-0.4, -0.2) is 23.8 Å². The summed E-state index contributed by atoms with van der Waals surface area (Å²) in [4.78, 5) is 0. The highest BCUT2D eigenvalue weighted by molar-refractivity contribution is 5.12. The third-order valence-electron chi connectivity index (χ3n) is 5.52. The molecule has 2 fully saturated rings. The van der Waals surface area contributed by atoms with Crippen LogP contribution >= 0.6 is 0 Å². The van der Waals surface area contributed by atoms with E-state index in [-0.39, 0.29) is 0 Å². The van der Waals surface area contributed by atoms with Crippen molar-refractivity contribution < 1.29 is 5.11 Å². The first-order valence-corrected chi connectivity index (χ1v) is 7.27. The average Bonchev–Trinajstić information content (AvgIpc) is 2.73. The Labute approximate surface area is 106 Å². The minimum atomic E-state index is 0.319. The van der Waals surface area contributed by atoms with Gasteiger partial charge in [-0.15, -0.1) is 0 Å². The molecule has 2 heteroatoms. The molecule has 17 heavy (non-hydrogen) atoms. The first kappa shape index (κ1) is 13.4. The molecule has 0 aromatic rings. The predicted octanol–water partition coefficient (Wildman–Crippen LogP) is 2.95. The lowest BCUT2D eigenvalue weighted by Crippen LogP contribution is -2.53. The van der Waals surface area contributed by atoms with Crippen LogP contribution in [0.5, 0.6) is 0 Å². The Morgan fingerprint density at radius 2 is 2.06 bits per heavy atom. The lowest BCUT2D eigenvalue weighted by molar-refractivity contribution is 0.0980. The smallest absolute Gasteiger partial charge is 0.0431 e. The Morgan fingerprint density at radius 3 is 2.59 bits per heavy atom. The van der Waals surface area contributed by atoms with Gasteiger partial charge >= 0.3 is 0 Å². The normalized spacial score (nSPS) is 40.8. The van der Waals surface area contributed by atoms with Crippen LogP contribution in [-0.2, 0) is 0 Å². The maximum atomic E-state index is 8.91. The highest BCUT2D eigenvalue weighted by Gasteiger charge is 2.59. The van der Waals surface area contributed by atoms with Gasteiger partial charge in [-0.2, -0.15) is 0 Å². The molecule has 0 saturated heterocycles. The molecule has 2 aliphatic carbocycles. The van der Waals surface area contributed by atoms with E-state index in [1.165, 1.54) is 19.3 Å². The van der Waals surface area contributed by atoms with Gasteiger partial charge in [0.2, 0.25) is 0 Å². The highest BCUT2D eigenvalue weighted by atomic mass is 16.2. The van der Waals surface area contributed by atoms with Crippen LogP contribution in [0.15, 0.2) is 0 Å². The average molecular weight is 239 g/mol. The van der Waals surface area contributed by atoms with Gasteiger partial charge in [0.15, 0.2) is 0 Å². The van der Waals surface area contributed by atoms with Crippen LogP contribution in [0.1, 0.15) is 59.8 Å². The molecule has 2 bridgehead atoms. The Kier molecular flexibility index (Phi) is 3.57. The van der Waals surface area contributed by atoms with Crippen molar-refractivity contribution in [2.75, 3.05) is 6.61 Å². The van der Waals surface area contributed by atoms with Gasteiger partial charge in [-0.3, -0.25) is 0 Å². The number of nitrogens with one attached hydrogen (secondary N) is 1. The first-order valence-electron chi connectivity index (χ1n) is 7.27. The van der Waals surface area contributed by atoms with Gasteiger partial charge in [0.25, 0.3) is 0 Å². The zero-order chi connectivity index (χ0) is 12.7. The summed E-state index contributed by atoms with van der Waals surface area (Å²) < 4.78 is 0. The summed E-state index contributed by atoms with van der Waals surface area (Å²) in [6.07, 6.45) is 6.23. The van der Waals surface area contributed by atoms with Crippen molar-refractivity contribution in [2.24, 2.45) is 16.7 Å². The van der Waals surface area contributed by atoms with Gasteiger partial charge in [-0.1, -0.05) is 20.8 Å². The van der Waals surface area contributed by atoms with E-state index in [2.05, 4.69) is 33.0 Å². The highest BCUT2D eigenvalue weighted by Crippen LogP contribution is 2.62. The minimum absolute atomic E-state index is 0.319. The Bertz CT molecular complexity index is 271. The fourth-order valence-electron chi connectivity index (χ4n) is 4.48. The van der Waals surface area contributed by atoms with Gasteiger partial charge in [0.05, 0.1) is 0 Å². The van der Waals surface area contributed by atoms with Crippen molar-refractivity contribution >= 4 is 0 Å². The maximum Gasteiger partial charge on any atom is 0.0431 e. The van der Waals surface area contributed by atoms with Crippen LogP contribution in [0.4, 0.5) is 0 Å². The van der Waals surface area contributed by atoms with Crippen molar-refractivity contribution in [2.45, 2.75) is 71.9 Å². The van der Waals surface area contributed by atoms with E-state index in [1.54, 1.807) is 0 Å². The second-order valence-corrected chi connectivity index (χ2v) is 7.28. The van der Waals surface area contributed by atoms with Crippen LogP contribution in [0.2, 0.25) is 0 Å². The molecule has 2 aliphatic rings. The van der Waals surface area contributed by atoms with Crippen molar-refractivity contribution in [3.05, 3.63) is 0 Å². The number of fused-ring (bicyclic) bond motifs is 2. The van der Waals surface area contributed by atoms with Crippen molar-refractivity contribution in [3.63, 3.8) is 0 Å². The number of rotatable bonds is 5. The molecule has 0 amide bonds. The number of hydrogen-bond acceptors (Lipinski definition) is 2. The summed E-state index contributed by atoms with van der Waals surface area (Å²) in [7, 11) is 0. The van der Waals surface area contributed by atoms with Crippen molar-refractivity contribution in [1.29, 1.82) is 0 Å². The first-order chi connectivity index (χ1) is 7.90. The van der Waals surface area contributed by atoms with Gasteiger partial charge in [0, 0.05) is 18.7 Å². The topological polar surface area (TPSA) is 32.3 Å². The SMILES string of the molecule is CC(CCCO)NC1C2(C)CCC(C2)C1(C)C. The molecular weight excluding hydrogens is 210 g/mol. The zero-order valence-corrected chi connectivity index (χ0v) is 11.9. The van der Waals surface area contributed by atoms with E-state index in [9.17, 15) is 0 Å². The number of aliphatic hydroxyl groups excluding tert-OH is 1. The van der Waals surface area contributed by atoms with Crippen LogP contribution in [0.25, 0.3) is 0 Å². The molecular formula is C15H29NO. The monoisotopic (exact) mass is 239 g/mol. The largest absolute Gasteiger partial charge is 0.396 e. The summed E-state index contributed by atoms with van der Waals surface area (Å²) in [5.74, 6) is 0.912. The number of aliphatic hydroxyl groups is 1. The molecule has 2 N–H and O–H groups in total. The fourth-order valence-corrected chi connectivity index (χ4v) is 4.48.